The second-order valence-electron chi connectivity index (χ2n) is 4.25. The molecule has 0 atom stereocenters. The number of nitrogens with zero attached hydrogens (tertiary/aromatic N) is 1. The highest BCUT2D eigenvalue weighted by Gasteiger charge is 2.03. The van der Waals surface area contributed by atoms with E-state index in [2.05, 4.69) is 42.7 Å². The predicted molar refractivity (Wildman–Crippen MR) is 73.8 cm³/mol. The van der Waals surface area contributed by atoms with Crippen LogP contribution in [0.15, 0.2) is 30.8 Å². The molecule has 0 unspecified atom stereocenters. The average molecular weight is 233 g/mol. The number of benzene rings is 1. The number of rotatable bonds is 8. The molecule has 0 bridgehead atoms. The minimum atomic E-state index is 0.297. The summed E-state index contributed by atoms with van der Waals surface area (Å²) in [5, 5.41) is 8.77. The Hall–Kier alpha value is -1.12. The standard InChI is InChI=1S/C15H23NO/c1-3-14-7-9-15(10-8-14)13-16(4-2)11-5-6-12-17/h3,7-10,17H,1,4-6,11-13H2,2H3. The summed E-state index contributed by atoms with van der Waals surface area (Å²) in [5.74, 6) is 0. The van der Waals surface area contributed by atoms with Gasteiger partial charge in [0.2, 0.25) is 0 Å². The zero-order chi connectivity index (χ0) is 12.5. The fourth-order valence-electron chi connectivity index (χ4n) is 1.81. The van der Waals surface area contributed by atoms with E-state index in [0.717, 1.165) is 38.0 Å². The molecule has 0 aliphatic carbocycles. The van der Waals surface area contributed by atoms with E-state index in [1.54, 1.807) is 0 Å². The van der Waals surface area contributed by atoms with E-state index in [1.807, 2.05) is 6.08 Å². The summed E-state index contributed by atoms with van der Waals surface area (Å²) in [5.41, 5.74) is 2.50. The van der Waals surface area contributed by atoms with Crippen molar-refractivity contribution in [2.75, 3.05) is 19.7 Å². The van der Waals surface area contributed by atoms with Gasteiger partial charge in [0.05, 0.1) is 0 Å². The SMILES string of the molecule is C=Cc1ccc(CN(CC)CCCCO)cc1. The Morgan fingerprint density at radius 3 is 2.47 bits per heavy atom. The summed E-state index contributed by atoms with van der Waals surface area (Å²) in [6.07, 6.45) is 3.82. The molecule has 1 aromatic rings. The van der Waals surface area contributed by atoms with Crippen molar-refractivity contribution in [1.82, 2.24) is 4.90 Å². The van der Waals surface area contributed by atoms with Gasteiger partial charge in [-0.15, -0.1) is 0 Å². The first-order valence-electron chi connectivity index (χ1n) is 6.34. The molecule has 0 saturated carbocycles. The van der Waals surface area contributed by atoms with E-state index in [4.69, 9.17) is 5.11 Å². The van der Waals surface area contributed by atoms with Crippen molar-refractivity contribution in [2.45, 2.75) is 26.3 Å². The number of aliphatic hydroxyl groups is 1. The number of hydrogen-bond donors (Lipinski definition) is 1. The lowest BCUT2D eigenvalue weighted by Gasteiger charge is -2.20. The smallest absolute Gasteiger partial charge is 0.0431 e. The molecule has 2 nitrogen and oxygen atoms in total. The Bertz CT molecular complexity index is 318. The molecule has 0 aliphatic rings. The van der Waals surface area contributed by atoms with Crippen LogP contribution in [-0.2, 0) is 6.54 Å². The maximum absolute atomic E-state index is 8.77. The summed E-state index contributed by atoms with van der Waals surface area (Å²) in [6, 6.07) is 8.52. The van der Waals surface area contributed by atoms with Gasteiger partial charge in [-0.25, -0.2) is 0 Å². The Kier molecular flexibility index (Phi) is 6.60. The van der Waals surface area contributed by atoms with Gasteiger partial charge in [-0.3, -0.25) is 4.90 Å². The van der Waals surface area contributed by atoms with Crippen LogP contribution < -0.4 is 0 Å². The Morgan fingerprint density at radius 1 is 1.24 bits per heavy atom. The van der Waals surface area contributed by atoms with Crippen LogP contribution in [0.25, 0.3) is 6.08 Å². The molecular weight excluding hydrogens is 210 g/mol. The predicted octanol–water partition coefficient (Wildman–Crippen LogP) is 2.92. The number of hydrogen-bond acceptors (Lipinski definition) is 2. The van der Waals surface area contributed by atoms with Gasteiger partial charge in [0, 0.05) is 13.2 Å². The summed E-state index contributed by atoms with van der Waals surface area (Å²) in [4.78, 5) is 2.40. The third-order valence-electron chi connectivity index (χ3n) is 2.95. The second kappa shape index (κ2) is 8.04. The third-order valence-corrected chi connectivity index (χ3v) is 2.95. The molecule has 0 fully saturated rings. The highest BCUT2D eigenvalue weighted by Crippen LogP contribution is 2.09. The van der Waals surface area contributed by atoms with Crippen molar-refractivity contribution in [2.24, 2.45) is 0 Å². The summed E-state index contributed by atoms with van der Waals surface area (Å²) in [6.45, 7) is 9.32. The number of unbranched alkanes of at least 4 members (excludes halogenated alkanes) is 1. The van der Waals surface area contributed by atoms with E-state index in [9.17, 15) is 0 Å². The molecule has 0 aromatic heterocycles. The minimum Gasteiger partial charge on any atom is -0.396 e. The Balaban J connectivity index is 2.45. The first kappa shape index (κ1) is 13.9. The Morgan fingerprint density at radius 2 is 1.94 bits per heavy atom. The zero-order valence-electron chi connectivity index (χ0n) is 10.7. The van der Waals surface area contributed by atoms with E-state index in [0.29, 0.717) is 6.61 Å². The lowest BCUT2D eigenvalue weighted by Crippen LogP contribution is -2.24. The zero-order valence-corrected chi connectivity index (χ0v) is 10.7. The lowest BCUT2D eigenvalue weighted by atomic mass is 10.1. The van der Waals surface area contributed by atoms with Crippen molar-refractivity contribution in [3.05, 3.63) is 42.0 Å². The van der Waals surface area contributed by atoms with E-state index in [1.165, 1.54) is 5.56 Å². The minimum absolute atomic E-state index is 0.297. The van der Waals surface area contributed by atoms with Gasteiger partial charge < -0.3 is 5.11 Å². The van der Waals surface area contributed by atoms with Crippen molar-refractivity contribution in [3.8, 4) is 0 Å². The molecule has 17 heavy (non-hydrogen) atoms. The topological polar surface area (TPSA) is 23.5 Å². The monoisotopic (exact) mass is 233 g/mol. The normalized spacial score (nSPS) is 10.8. The highest BCUT2D eigenvalue weighted by molar-refractivity contribution is 5.47. The molecule has 0 radical (unpaired) electrons. The van der Waals surface area contributed by atoms with Crippen LogP contribution in [0.2, 0.25) is 0 Å². The van der Waals surface area contributed by atoms with Gasteiger partial charge in [0.1, 0.15) is 0 Å². The molecule has 1 N–H and O–H groups in total. The molecule has 0 aliphatic heterocycles. The highest BCUT2D eigenvalue weighted by atomic mass is 16.2. The second-order valence-corrected chi connectivity index (χ2v) is 4.25. The van der Waals surface area contributed by atoms with Crippen LogP contribution in [0, 0.1) is 0 Å². The molecule has 0 heterocycles. The first-order valence-corrected chi connectivity index (χ1v) is 6.34. The molecule has 1 rings (SSSR count). The molecule has 2 heteroatoms. The summed E-state index contributed by atoms with van der Waals surface area (Å²) < 4.78 is 0. The summed E-state index contributed by atoms with van der Waals surface area (Å²) in [7, 11) is 0. The maximum atomic E-state index is 8.77. The average Bonchev–Trinajstić information content (AvgIpc) is 2.38. The van der Waals surface area contributed by atoms with E-state index in [-0.39, 0.29) is 0 Å². The quantitative estimate of drug-likeness (QED) is 0.698. The lowest BCUT2D eigenvalue weighted by molar-refractivity contribution is 0.243. The van der Waals surface area contributed by atoms with Crippen LogP contribution in [0.5, 0.6) is 0 Å². The molecule has 0 spiro atoms. The maximum Gasteiger partial charge on any atom is 0.0431 e. The van der Waals surface area contributed by atoms with E-state index < -0.39 is 0 Å². The van der Waals surface area contributed by atoms with Gasteiger partial charge in [0.15, 0.2) is 0 Å². The van der Waals surface area contributed by atoms with Crippen molar-refractivity contribution in [3.63, 3.8) is 0 Å². The van der Waals surface area contributed by atoms with Gasteiger partial charge in [-0.2, -0.15) is 0 Å². The molecular formula is C15H23NO. The fraction of sp³-hybridized carbons (Fsp3) is 0.467. The van der Waals surface area contributed by atoms with Gasteiger partial charge >= 0.3 is 0 Å². The van der Waals surface area contributed by atoms with Gasteiger partial charge in [-0.1, -0.05) is 43.8 Å². The van der Waals surface area contributed by atoms with Gasteiger partial charge in [0.25, 0.3) is 0 Å². The van der Waals surface area contributed by atoms with Crippen molar-refractivity contribution < 1.29 is 5.11 Å². The van der Waals surface area contributed by atoms with Crippen LogP contribution in [0.1, 0.15) is 30.9 Å². The van der Waals surface area contributed by atoms with Crippen LogP contribution in [-0.4, -0.2) is 29.7 Å². The van der Waals surface area contributed by atoms with Crippen LogP contribution in [0.3, 0.4) is 0 Å². The largest absolute Gasteiger partial charge is 0.396 e. The molecule has 94 valence electrons. The fourth-order valence-corrected chi connectivity index (χ4v) is 1.81. The molecule has 0 saturated heterocycles. The molecule has 1 aromatic carbocycles. The third kappa shape index (κ3) is 5.16. The van der Waals surface area contributed by atoms with Crippen LogP contribution >= 0.6 is 0 Å². The molecule has 0 amide bonds. The number of aliphatic hydroxyl groups excluding tert-OH is 1. The van der Waals surface area contributed by atoms with Crippen molar-refractivity contribution in [1.29, 1.82) is 0 Å². The van der Waals surface area contributed by atoms with Crippen LogP contribution in [0.4, 0.5) is 0 Å². The van der Waals surface area contributed by atoms with Crippen molar-refractivity contribution >= 4 is 6.08 Å². The first-order chi connectivity index (χ1) is 8.30. The summed E-state index contributed by atoms with van der Waals surface area (Å²) >= 11 is 0. The van der Waals surface area contributed by atoms with E-state index >= 15 is 0 Å². The van der Waals surface area contributed by atoms with Gasteiger partial charge in [-0.05, 0) is 37.1 Å². The Labute approximate surface area is 105 Å².